The van der Waals surface area contributed by atoms with E-state index in [4.69, 9.17) is 0 Å². The summed E-state index contributed by atoms with van der Waals surface area (Å²) in [7, 11) is 0. The number of nitrogens with zero attached hydrogens (tertiary/aromatic N) is 4. The lowest BCUT2D eigenvalue weighted by atomic mass is 9.84. The van der Waals surface area contributed by atoms with Gasteiger partial charge in [-0.15, -0.1) is 0 Å². The zero-order chi connectivity index (χ0) is 23.0. The third-order valence-corrected chi connectivity index (χ3v) is 5.70. The van der Waals surface area contributed by atoms with Crippen LogP contribution in [0.4, 0.5) is 31.1 Å². The lowest BCUT2D eigenvalue weighted by Crippen LogP contribution is -2.58. The van der Waals surface area contributed by atoms with Crippen molar-refractivity contribution in [2.45, 2.75) is 56.3 Å². The summed E-state index contributed by atoms with van der Waals surface area (Å²) in [5.74, 6) is -7.66. The van der Waals surface area contributed by atoms with Crippen molar-refractivity contribution in [3.63, 3.8) is 0 Å². The Balaban J connectivity index is 1.68. The maximum atomic E-state index is 14.7. The van der Waals surface area contributed by atoms with Gasteiger partial charge in [0.05, 0.1) is 12.4 Å². The Morgan fingerprint density at radius 1 is 1.06 bits per heavy atom. The number of rotatable bonds is 3. The van der Waals surface area contributed by atoms with Crippen molar-refractivity contribution in [2.24, 2.45) is 0 Å². The third kappa shape index (κ3) is 4.54. The summed E-state index contributed by atoms with van der Waals surface area (Å²) in [5.41, 5.74) is -0.965. The summed E-state index contributed by atoms with van der Waals surface area (Å²) in [6.45, 7) is 0.656. The molecule has 7 nitrogen and oxygen atoms in total. The van der Waals surface area contributed by atoms with Crippen molar-refractivity contribution in [1.82, 2.24) is 19.8 Å². The lowest BCUT2D eigenvalue weighted by Gasteiger charge is -2.45. The van der Waals surface area contributed by atoms with Crippen LogP contribution in [0.5, 0.6) is 0 Å². The van der Waals surface area contributed by atoms with Crippen LogP contribution in [0, 0.1) is 5.82 Å². The first-order valence-electron chi connectivity index (χ1n) is 9.57. The summed E-state index contributed by atoms with van der Waals surface area (Å²) >= 11 is 0. The van der Waals surface area contributed by atoms with E-state index in [1.54, 1.807) is 0 Å². The second kappa shape index (κ2) is 8.15. The van der Waals surface area contributed by atoms with Gasteiger partial charge in [0.15, 0.2) is 11.9 Å². The molecule has 2 aliphatic heterocycles. The molecular formula is C18H20F6N4O3. The number of amides is 2. The zero-order valence-electron chi connectivity index (χ0n) is 16.5. The maximum Gasteiger partial charge on any atom is 0.425 e. The van der Waals surface area contributed by atoms with E-state index in [0.717, 1.165) is 9.80 Å². The minimum atomic E-state index is -4.70. The van der Waals surface area contributed by atoms with Gasteiger partial charge in [0.25, 0.3) is 0 Å². The number of hydrogen-bond donors (Lipinski definition) is 0. The normalized spacial score (nSPS) is 20.1. The van der Waals surface area contributed by atoms with Gasteiger partial charge in [-0.3, -0.25) is 4.79 Å². The summed E-state index contributed by atoms with van der Waals surface area (Å²) in [4.78, 5) is 33.2. The molecule has 1 spiro atoms. The minimum Gasteiger partial charge on any atom is -0.437 e. The molecule has 13 heteroatoms. The van der Waals surface area contributed by atoms with E-state index in [9.17, 15) is 35.9 Å². The van der Waals surface area contributed by atoms with E-state index in [1.165, 1.54) is 0 Å². The van der Waals surface area contributed by atoms with Gasteiger partial charge in [-0.05, 0) is 32.6 Å². The van der Waals surface area contributed by atoms with Crippen molar-refractivity contribution in [3.8, 4) is 0 Å². The molecular weight excluding hydrogens is 434 g/mol. The molecule has 0 N–H and O–H groups in total. The predicted octanol–water partition coefficient (Wildman–Crippen LogP) is 3.25. The lowest BCUT2D eigenvalue weighted by molar-refractivity contribution is -0.200. The third-order valence-electron chi connectivity index (χ3n) is 5.70. The number of hydrogen-bond acceptors (Lipinski definition) is 5. The van der Waals surface area contributed by atoms with Crippen molar-refractivity contribution in [1.29, 1.82) is 0 Å². The molecule has 2 fully saturated rings. The fraction of sp³-hybridized carbons (Fsp3) is 0.667. The standard InChI is InChI=1S/C18H20F6N4O3/c1-11(18(22,23)24)31-15(30)27-7-4-16(5-8-27)3-2-6-28(16)14(29)17(20,21)13-25-9-12(19)10-26-13/h9-11H,2-8H2,1H3. The highest BCUT2D eigenvalue weighted by molar-refractivity contribution is 5.85. The van der Waals surface area contributed by atoms with Crippen LogP contribution in [-0.4, -0.2) is 69.2 Å². The van der Waals surface area contributed by atoms with Gasteiger partial charge in [-0.2, -0.15) is 22.0 Å². The van der Waals surface area contributed by atoms with Gasteiger partial charge in [-0.25, -0.2) is 19.2 Å². The largest absolute Gasteiger partial charge is 0.437 e. The molecule has 0 aromatic carbocycles. The summed E-state index contributed by atoms with van der Waals surface area (Å²) in [6.07, 6.45) is -6.00. The first-order chi connectivity index (χ1) is 14.4. The molecule has 2 saturated heterocycles. The summed E-state index contributed by atoms with van der Waals surface area (Å²) in [5, 5.41) is 0. The molecule has 3 rings (SSSR count). The number of piperidine rings is 1. The molecule has 2 aliphatic rings. The Bertz CT molecular complexity index is 825. The van der Waals surface area contributed by atoms with Crippen LogP contribution in [-0.2, 0) is 15.5 Å². The Labute approximate surface area is 173 Å². The van der Waals surface area contributed by atoms with Crippen molar-refractivity contribution < 1.29 is 40.7 Å². The first-order valence-corrected chi connectivity index (χ1v) is 9.57. The first kappa shape index (κ1) is 23.1. The van der Waals surface area contributed by atoms with Crippen LogP contribution in [0.15, 0.2) is 12.4 Å². The fourth-order valence-corrected chi connectivity index (χ4v) is 3.91. The molecule has 1 aromatic rings. The molecule has 31 heavy (non-hydrogen) atoms. The molecule has 1 atom stereocenters. The number of alkyl halides is 5. The van der Waals surface area contributed by atoms with Gasteiger partial charge in [-0.1, -0.05) is 0 Å². The van der Waals surface area contributed by atoms with Crippen molar-refractivity contribution in [3.05, 3.63) is 24.0 Å². The van der Waals surface area contributed by atoms with Gasteiger partial charge >= 0.3 is 24.1 Å². The number of carbonyl (C=O) groups is 2. The van der Waals surface area contributed by atoms with Crippen LogP contribution < -0.4 is 0 Å². The quantitative estimate of drug-likeness (QED) is 0.656. The second-order valence-electron chi connectivity index (χ2n) is 7.64. The van der Waals surface area contributed by atoms with Gasteiger partial charge in [0.1, 0.15) is 0 Å². The highest BCUT2D eigenvalue weighted by Crippen LogP contribution is 2.42. The average molecular weight is 454 g/mol. The van der Waals surface area contributed by atoms with Gasteiger partial charge in [0, 0.05) is 25.2 Å². The molecule has 0 aliphatic carbocycles. The van der Waals surface area contributed by atoms with E-state index in [2.05, 4.69) is 14.7 Å². The van der Waals surface area contributed by atoms with E-state index in [0.29, 0.717) is 32.2 Å². The highest BCUT2D eigenvalue weighted by atomic mass is 19.4. The number of carbonyl (C=O) groups excluding carboxylic acids is 2. The minimum absolute atomic E-state index is 0.0468. The van der Waals surface area contributed by atoms with Crippen LogP contribution in [0.3, 0.4) is 0 Å². The highest BCUT2D eigenvalue weighted by Gasteiger charge is 2.55. The molecule has 1 aromatic heterocycles. The van der Waals surface area contributed by atoms with Gasteiger partial charge in [0.2, 0.25) is 5.82 Å². The van der Waals surface area contributed by atoms with E-state index in [1.807, 2.05) is 0 Å². The number of halogens is 6. The SMILES string of the molecule is CC(OC(=O)N1CCC2(CCCN2C(=O)C(F)(F)c2ncc(F)cn2)CC1)C(F)(F)F. The monoisotopic (exact) mass is 454 g/mol. The molecule has 2 amide bonds. The van der Waals surface area contributed by atoms with Gasteiger partial charge < -0.3 is 14.5 Å². The topological polar surface area (TPSA) is 75.6 Å². The second-order valence-corrected chi connectivity index (χ2v) is 7.64. The van der Waals surface area contributed by atoms with E-state index >= 15 is 0 Å². The number of likely N-dealkylation sites (tertiary alicyclic amines) is 2. The molecule has 1 unspecified atom stereocenters. The molecule has 0 radical (unpaired) electrons. The van der Waals surface area contributed by atoms with E-state index in [-0.39, 0.29) is 32.5 Å². The Kier molecular flexibility index (Phi) is 6.07. The summed E-state index contributed by atoms with van der Waals surface area (Å²) in [6, 6.07) is 0. The zero-order valence-corrected chi connectivity index (χ0v) is 16.5. The van der Waals surface area contributed by atoms with Crippen LogP contribution in [0.1, 0.15) is 38.4 Å². The van der Waals surface area contributed by atoms with E-state index < -0.39 is 47.4 Å². The van der Waals surface area contributed by atoms with Crippen LogP contribution in [0.2, 0.25) is 0 Å². The summed E-state index contributed by atoms with van der Waals surface area (Å²) < 4.78 is 84.5. The fourth-order valence-electron chi connectivity index (χ4n) is 3.91. The van der Waals surface area contributed by atoms with Crippen molar-refractivity contribution >= 4 is 12.0 Å². The van der Waals surface area contributed by atoms with Crippen LogP contribution in [0.25, 0.3) is 0 Å². The molecule has 3 heterocycles. The molecule has 172 valence electrons. The Morgan fingerprint density at radius 3 is 2.19 bits per heavy atom. The average Bonchev–Trinajstić information content (AvgIpc) is 3.10. The smallest absolute Gasteiger partial charge is 0.425 e. The predicted molar refractivity (Wildman–Crippen MR) is 92.4 cm³/mol. The van der Waals surface area contributed by atoms with Crippen molar-refractivity contribution in [2.75, 3.05) is 19.6 Å². The Morgan fingerprint density at radius 2 is 1.65 bits per heavy atom. The van der Waals surface area contributed by atoms with Crippen LogP contribution >= 0.6 is 0 Å². The number of ether oxygens (including phenoxy) is 1. The Hall–Kier alpha value is -2.60. The maximum absolute atomic E-state index is 14.7. The molecule has 0 bridgehead atoms. The molecule has 0 saturated carbocycles. The number of aromatic nitrogens is 2.